The van der Waals surface area contributed by atoms with Crippen molar-refractivity contribution in [3.63, 3.8) is 0 Å². The highest BCUT2D eigenvalue weighted by Crippen LogP contribution is 2.19. The van der Waals surface area contributed by atoms with Gasteiger partial charge in [0.25, 0.3) is 5.91 Å². The molecule has 0 radical (unpaired) electrons. The standard InChI is InChI=1S/C17H20N2O2/c1-3-15-8-4-5-9-16(15)21-13(2)17(20)19-12-14-7-6-10-18-11-14/h4-11,13H,3,12H2,1-2H3,(H,19,20)/t13-/m1/s1. The first-order valence-corrected chi connectivity index (χ1v) is 7.12. The van der Waals surface area contributed by atoms with Gasteiger partial charge in [-0.2, -0.15) is 0 Å². The van der Waals surface area contributed by atoms with Crippen LogP contribution in [0, 0.1) is 0 Å². The summed E-state index contributed by atoms with van der Waals surface area (Å²) in [5.74, 6) is 0.633. The van der Waals surface area contributed by atoms with Crippen molar-refractivity contribution in [1.82, 2.24) is 10.3 Å². The van der Waals surface area contributed by atoms with Crippen molar-refractivity contribution in [3.8, 4) is 5.75 Å². The Morgan fingerprint density at radius 2 is 2.10 bits per heavy atom. The Balaban J connectivity index is 1.90. The van der Waals surface area contributed by atoms with Gasteiger partial charge < -0.3 is 10.1 Å². The molecule has 0 unspecified atom stereocenters. The first-order valence-electron chi connectivity index (χ1n) is 7.12. The van der Waals surface area contributed by atoms with Crippen LogP contribution in [-0.4, -0.2) is 17.0 Å². The van der Waals surface area contributed by atoms with E-state index in [1.165, 1.54) is 0 Å². The molecule has 1 heterocycles. The molecule has 4 nitrogen and oxygen atoms in total. The van der Waals surface area contributed by atoms with Gasteiger partial charge in [0.05, 0.1) is 0 Å². The van der Waals surface area contributed by atoms with Crippen molar-refractivity contribution in [3.05, 3.63) is 59.9 Å². The summed E-state index contributed by atoms with van der Waals surface area (Å²) < 4.78 is 5.76. The molecule has 110 valence electrons. The highest BCUT2D eigenvalue weighted by molar-refractivity contribution is 5.80. The molecule has 2 rings (SSSR count). The molecular formula is C17H20N2O2. The number of ether oxygens (including phenoxy) is 1. The monoisotopic (exact) mass is 284 g/mol. The molecule has 1 N–H and O–H groups in total. The normalized spacial score (nSPS) is 11.7. The maximum Gasteiger partial charge on any atom is 0.261 e. The molecule has 0 aliphatic carbocycles. The third-order valence-corrected chi connectivity index (χ3v) is 3.22. The minimum absolute atomic E-state index is 0.134. The summed E-state index contributed by atoms with van der Waals surface area (Å²) in [6.45, 7) is 4.27. The zero-order chi connectivity index (χ0) is 15.1. The second-order valence-electron chi connectivity index (χ2n) is 4.80. The number of para-hydroxylation sites is 1. The van der Waals surface area contributed by atoms with E-state index in [1.54, 1.807) is 19.3 Å². The SMILES string of the molecule is CCc1ccccc1O[C@H](C)C(=O)NCc1cccnc1. The second kappa shape index (κ2) is 7.43. The van der Waals surface area contributed by atoms with Crippen LogP contribution in [0.25, 0.3) is 0 Å². The summed E-state index contributed by atoms with van der Waals surface area (Å²) in [5.41, 5.74) is 2.07. The summed E-state index contributed by atoms with van der Waals surface area (Å²) in [4.78, 5) is 16.1. The fourth-order valence-electron chi connectivity index (χ4n) is 1.99. The molecule has 1 atom stereocenters. The summed E-state index contributed by atoms with van der Waals surface area (Å²) in [6, 6.07) is 11.6. The lowest BCUT2D eigenvalue weighted by Crippen LogP contribution is -2.36. The van der Waals surface area contributed by atoms with E-state index >= 15 is 0 Å². The van der Waals surface area contributed by atoms with Crippen LogP contribution in [0.15, 0.2) is 48.8 Å². The Kier molecular flexibility index (Phi) is 5.32. The molecule has 0 bridgehead atoms. The van der Waals surface area contributed by atoms with Crippen molar-refractivity contribution < 1.29 is 9.53 Å². The molecule has 21 heavy (non-hydrogen) atoms. The van der Waals surface area contributed by atoms with Crippen LogP contribution in [0.3, 0.4) is 0 Å². The lowest BCUT2D eigenvalue weighted by molar-refractivity contribution is -0.127. The minimum Gasteiger partial charge on any atom is -0.481 e. The predicted octanol–water partition coefficient (Wildman–Crippen LogP) is 2.73. The zero-order valence-electron chi connectivity index (χ0n) is 12.4. The summed E-state index contributed by atoms with van der Waals surface area (Å²) in [6.07, 6.45) is 3.78. The molecule has 1 aromatic carbocycles. The number of carbonyl (C=O) groups excluding carboxylic acids is 1. The van der Waals surface area contributed by atoms with Gasteiger partial charge in [-0.05, 0) is 36.6 Å². The van der Waals surface area contributed by atoms with Crippen LogP contribution >= 0.6 is 0 Å². The van der Waals surface area contributed by atoms with E-state index in [0.717, 1.165) is 23.3 Å². The van der Waals surface area contributed by atoms with Gasteiger partial charge >= 0.3 is 0 Å². The van der Waals surface area contributed by atoms with E-state index in [1.807, 2.05) is 36.4 Å². The number of nitrogens with zero attached hydrogens (tertiary/aromatic N) is 1. The molecular weight excluding hydrogens is 264 g/mol. The van der Waals surface area contributed by atoms with Crippen molar-refractivity contribution in [2.45, 2.75) is 32.9 Å². The molecule has 1 aromatic heterocycles. The number of aryl methyl sites for hydroxylation is 1. The van der Waals surface area contributed by atoms with Crippen molar-refractivity contribution in [2.75, 3.05) is 0 Å². The highest BCUT2D eigenvalue weighted by Gasteiger charge is 2.15. The summed E-state index contributed by atoms with van der Waals surface area (Å²) in [5, 5.41) is 2.85. The van der Waals surface area contributed by atoms with E-state index in [9.17, 15) is 4.79 Å². The Morgan fingerprint density at radius 3 is 2.81 bits per heavy atom. The first kappa shape index (κ1) is 15.0. The number of rotatable bonds is 6. The third-order valence-electron chi connectivity index (χ3n) is 3.22. The number of pyridine rings is 1. The largest absolute Gasteiger partial charge is 0.481 e. The molecule has 0 saturated carbocycles. The van der Waals surface area contributed by atoms with E-state index in [0.29, 0.717) is 6.54 Å². The Bertz CT molecular complexity index is 584. The number of hydrogen-bond acceptors (Lipinski definition) is 3. The van der Waals surface area contributed by atoms with E-state index in [4.69, 9.17) is 4.74 Å². The van der Waals surface area contributed by atoms with Gasteiger partial charge in [-0.1, -0.05) is 31.2 Å². The maximum atomic E-state index is 12.1. The quantitative estimate of drug-likeness (QED) is 0.887. The number of benzene rings is 1. The average molecular weight is 284 g/mol. The Morgan fingerprint density at radius 1 is 1.29 bits per heavy atom. The van der Waals surface area contributed by atoms with Gasteiger partial charge in [-0.25, -0.2) is 0 Å². The lowest BCUT2D eigenvalue weighted by Gasteiger charge is -2.16. The number of hydrogen-bond donors (Lipinski definition) is 1. The van der Waals surface area contributed by atoms with Crippen LogP contribution in [-0.2, 0) is 17.8 Å². The van der Waals surface area contributed by atoms with Crippen LogP contribution in [0.5, 0.6) is 5.75 Å². The Labute approximate surface area is 125 Å². The van der Waals surface area contributed by atoms with Crippen LogP contribution in [0.4, 0.5) is 0 Å². The lowest BCUT2D eigenvalue weighted by atomic mass is 10.1. The summed E-state index contributed by atoms with van der Waals surface area (Å²) in [7, 11) is 0. The topological polar surface area (TPSA) is 51.2 Å². The van der Waals surface area contributed by atoms with Crippen molar-refractivity contribution in [2.24, 2.45) is 0 Å². The fourth-order valence-corrected chi connectivity index (χ4v) is 1.99. The summed E-state index contributed by atoms with van der Waals surface area (Å²) >= 11 is 0. The van der Waals surface area contributed by atoms with E-state index in [2.05, 4.69) is 17.2 Å². The number of amides is 1. The van der Waals surface area contributed by atoms with Gasteiger partial charge in [-0.15, -0.1) is 0 Å². The van der Waals surface area contributed by atoms with Crippen LogP contribution in [0.1, 0.15) is 25.0 Å². The van der Waals surface area contributed by atoms with E-state index < -0.39 is 6.10 Å². The molecule has 0 spiro atoms. The van der Waals surface area contributed by atoms with Gasteiger partial charge in [-0.3, -0.25) is 9.78 Å². The smallest absolute Gasteiger partial charge is 0.261 e. The second-order valence-corrected chi connectivity index (χ2v) is 4.80. The molecule has 0 aliphatic rings. The zero-order valence-corrected chi connectivity index (χ0v) is 12.4. The van der Waals surface area contributed by atoms with Crippen LogP contribution in [0.2, 0.25) is 0 Å². The van der Waals surface area contributed by atoms with Gasteiger partial charge in [0.15, 0.2) is 6.10 Å². The van der Waals surface area contributed by atoms with Crippen molar-refractivity contribution >= 4 is 5.91 Å². The maximum absolute atomic E-state index is 12.1. The Hall–Kier alpha value is -2.36. The van der Waals surface area contributed by atoms with Gasteiger partial charge in [0, 0.05) is 18.9 Å². The number of nitrogens with one attached hydrogen (secondary N) is 1. The number of carbonyl (C=O) groups is 1. The average Bonchev–Trinajstić information content (AvgIpc) is 2.54. The molecule has 0 saturated heterocycles. The first-order chi connectivity index (χ1) is 10.2. The highest BCUT2D eigenvalue weighted by atomic mass is 16.5. The van der Waals surface area contributed by atoms with Crippen LogP contribution < -0.4 is 10.1 Å². The number of aromatic nitrogens is 1. The molecule has 0 fully saturated rings. The minimum atomic E-state index is -0.533. The molecule has 0 aliphatic heterocycles. The van der Waals surface area contributed by atoms with E-state index in [-0.39, 0.29) is 5.91 Å². The van der Waals surface area contributed by atoms with Crippen molar-refractivity contribution in [1.29, 1.82) is 0 Å². The van der Waals surface area contributed by atoms with Gasteiger partial charge in [0.2, 0.25) is 0 Å². The molecule has 2 aromatic rings. The molecule has 4 heteroatoms. The third kappa shape index (κ3) is 4.31. The van der Waals surface area contributed by atoms with Gasteiger partial charge in [0.1, 0.15) is 5.75 Å². The predicted molar refractivity (Wildman–Crippen MR) is 82.0 cm³/mol. The molecule has 1 amide bonds. The fraction of sp³-hybridized carbons (Fsp3) is 0.294.